The summed E-state index contributed by atoms with van der Waals surface area (Å²) in [7, 11) is 3.08. The SMILES string of the molecule is COC(=O)c1cccc2c1c(-c1cncc(-c3ccc(OC)cc3)c1)cn2CCN1CCOCC1. The number of pyridine rings is 1. The summed E-state index contributed by atoms with van der Waals surface area (Å²) >= 11 is 0. The van der Waals surface area contributed by atoms with Crippen molar-refractivity contribution in [3.05, 3.63) is 72.7 Å². The first-order chi connectivity index (χ1) is 17.2. The highest BCUT2D eigenvalue weighted by molar-refractivity contribution is 6.10. The van der Waals surface area contributed by atoms with E-state index in [0.717, 1.165) is 78.3 Å². The summed E-state index contributed by atoms with van der Waals surface area (Å²) in [4.78, 5) is 19.6. The summed E-state index contributed by atoms with van der Waals surface area (Å²) in [6.45, 7) is 5.15. The Kier molecular flexibility index (Phi) is 6.79. The number of aromatic nitrogens is 2. The third-order valence-electron chi connectivity index (χ3n) is 6.54. The lowest BCUT2D eigenvalue weighted by Crippen LogP contribution is -2.38. The number of carbonyl (C=O) groups excluding carboxylic acids is 1. The zero-order chi connectivity index (χ0) is 24.2. The molecule has 1 aliphatic heterocycles. The second-order valence-electron chi connectivity index (χ2n) is 8.57. The molecule has 0 amide bonds. The molecule has 0 radical (unpaired) electrons. The van der Waals surface area contributed by atoms with E-state index in [0.29, 0.717) is 5.56 Å². The number of fused-ring (bicyclic) bond motifs is 1. The van der Waals surface area contributed by atoms with E-state index < -0.39 is 0 Å². The van der Waals surface area contributed by atoms with Gasteiger partial charge in [-0.2, -0.15) is 0 Å². The van der Waals surface area contributed by atoms with Crippen LogP contribution < -0.4 is 4.74 Å². The number of hydrogen-bond acceptors (Lipinski definition) is 6. The first-order valence-electron chi connectivity index (χ1n) is 11.8. The number of ether oxygens (including phenoxy) is 3. The Labute approximate surface area is 204 Å². The Bertz CT molecular complexity index is 1320. The van der Waals surface area contributed by atoms with Gasteiger partial charge in [0.25, 0.3) is 0 Å². The second kappa shape index (κ2) is 10.3. The maximum Gasteiger partial charge on any atom is 0.338 e. The van der Waals surface area contributed by atoms with E-state index >= 15 is 0 Å². The van der Waals surface area contributed by atoms with Crippen LogP contribution in [0.15, 0.2) is 67.1 Å². The van der Waals surface area contributed by atoms with Crippen LogP contribution in [0.4, 0.5) is 0 Å². The van der Waals surface area contributed by atoms with Crippen LogP contribution in [0.25, 0.3) is 33.2 Å². The number of nitrogens with zero attached hydrogens (tertiary/aromatic N) is 3. The molecule has 1 fully saturated rings. The molecular weight excluding hydrogens is 442 g/mol. The van der Waals surface area contributed by atoms with E-state index in [2.05, 4.69) is 32.8 Å². The minimum absolute atomic E-state index is 0.345. The lowest BCUT2D eigenvalue weighted by molar-refractivity contribution is 0.0365. The third-order valence-corrected chi connectivity index (χ3v) is 6.54. The van der Waals surface area contributed by atoms with E-state index in [4.69, 9.17) is 14.2 Å². The van der Waals surface area contributed by atoms with Gasteiger partial charge in [-0.05, 0) is 35.9 Å². The monoisotopic (exact) mass is 471 g/mol. The smallest absolute Gasteiger partial charge is 0.338 e. The minimum atomic E-state index is -0.345. The summed E-state index contributed by atoms with van der Waals surface area (Å²) in [6.07, 6.45) is 5.83. The lowest BCUT2D eigenvalue weighted by Gasteiger charge is -2.26. The van der Waals surface area contributed by atoms with Crippen LogP contribution in [0.2, 0.25) is 0 Å². The van der Waals surface area contributed by atoms with Crippen molar-refractivity contribution in [2.75, 3.05) is 47.1 Å². The summed E-state index contributed by atoms with van der Waals surface area (Å²) in [5.41, 5.74) is 5.51. The van der Waals surface area contributed by atoms with Gasteiger partial charge in [0, 0.05) is 72.4 Å². The Hall–Kier alpha value is -3.68. The molecule has 0 aliphatic carbocycles. The van der Waals surface area contributed by atoms with Gasteiger partial charge in [0.2, 0.25) is 0 Å². The van der Waals surface area contributed by atoms with E-state index in [1.54, 1.807) is 7.11 Å². The largest absolute Gasteiger partial charge is 0.497 e. The van der Waals surface area contributed by atoms with Crippen molar-refractivity contribution >= 4 is 16.9 Å². The maximum absolute atomic E-state index is 12.7. The Balaban J connectivity index is 1.57. The predicted octanol–water partition coefficient (Wildman–Crippen LogP) is 4.50. The van der Waals surface area contributed by atoms with Crippen LogP contribution in [-0.2, 0) is 16.0 Å². The van der Waals surface area contributed by atoms with Gasteiger partial charge in [-0.1, -0.05) is 18.2 Å². The highest BCUT2D eigenvalue weighted by Crippen LogP contribution is 2.35. The fraction of sp³-hybridized carbons (Fsp3) is 0.286. The Morgan fingerprint density at radius 2 is 1.74 bits per heavy atom. The molecule has 0 N–H and O–H groups in total. The molecule has 2 aromatic carbocycles. The van der Waals surface area contributed by atoms with Crippen molar-refractivity contribution in [1.82, 2.24) is 14.5 Å². The van der Waals surface area contributed by atoms with Gasteiger partial charge >= 0.3 is 5.97 Å². The number of morpholine rings is 1. The molecular formula is C28H29N3O4. The van der Waals surface area contributed by atoms with E-state index in [1.165, 1.54) is 7.11 Å². The molecule has 4 aromatic rings. The van der Waals surface area contributed by atoms with Gasteiger partial charge in [-0.25, -0.2) is 4.79 Å². The van der Waals surface area contributed by atoms with Crippen LogP contribution in [0.1, 0.15) is 10.4 Å². The molecule has 35 heavy (non-hydrogen) atoms. The first kappa shape index (κ1) is 23.1. The fourth-order valence-corrected chi connectivity index (χ4v) is 4.64. The molecule has 0 bridgehead atoms. The number of benzene rings is 2. The molecule has 3 heterocycles. The molecule has 2 aromatic heterocycles. The molecule has 1 saturated heterocycles. The molecule has 0 atom stereocenters. The topological polar surface area (TPSA) is 65.8 Å². The molecule has 7 nitrogen and oxygen atoms in total. The van der Waals surface area contributed by atoms with E-state index in [1.807, 2.05) is 48.8 Å². The van der Waals surface area contributed by atoms with Crippen molar-refractivity contribution in [2.45, 2.75) is 6.54 Å². The van der Waals surface area contributed by atoms with Crippen molar-refractivity contribution in [1.29, 1.82) is 0 Å². The quantitative estimate of drug-likeness (QED) is 0.370. The summed E-state index contributed by atoms with van der Waals surface area (Å²) < 4.78 is 18.1. The third kappa shape index (κ3) is 4.78. The summed E-state index contributed by atoms with van der Waals surface area (Å²) in [6, 6.07) is 15.8. The van der Waals surface area contributed by atoms with Crippen LogP contribution >= 0.6 is 0 Å². The minimum Gasteiger partial charge on any atom is -0.497 e. The second-order valence-corrected chi connectivity index (χ2v) is 8.57. The molecule has 180 valence electrons. The van der Waals surface area contributed by atoms with Crippen molar-refractivity contribution < 1.29 is 19.0 Å². The number of hydrogen-bond donors (Lipinski definition) is 0. The van der Waals surface area contributed by atoms with Crippen molar-refractivity contribution in [2.24, 2.45) is 0 Å². The van der Waals surface area contributed by atoms with Gasteiger partial charge in [-0.3, -0.25) is 9.88 Å². The number of carbonyl (C=O) groups is 1. The Morgan fingerprint density at radius 1 is 0.971 bits per heavy atom. The summed E-state index contributed by atoms with van der Waals surface area (Å²) in [5.74, 6) is 0.464. The van der Waals surface area contributed by atoms with E-state index in [-0.39, 0.29) is 5.97 Å². The van der Waals surface area contributed by atoms with Crippen LogP contribution in [0, 0.1) is 0 Å². The average Bonchev–Trinajstić information content (AvgIpc) is 3.31. The molecule has 0 saturated carbocycles. The molecule has 5 rings (SSSR count). The summed E-state index contributed by atoms with van der Waals surface area (Å²) in [5, 5.41) is 0.884. The molecule has 1 aliphatic rings. The van der Waals surface area contributed by atoms with Gasteiger partial charge in [0.1, 0.15) is 5.75 Å². The molecule has 7 heteroatoms. The van der Waals surface area contributed by atoms with Crippen molar-refractivity contribution in [3.8, 4) is 28.0 Å². The molecule has 0 unspecified atom stereocenters. The van der Waals surface area contributed by atoms with Gasteiger partial charge in [0.05, 0.1) is 33.0 Å². The van der Waals surface area contributed by atoms with Crippen LogP contribution in [0.3, 0.4) is 0 Å². The van der Waals surface area contributed by atoms with Crippen LogP contribution in [-0.4, -0.2) is 67.5 Å². The highest BCUT2D eigenvalue weighted by atomic mass is 16.5. The highest BCUT2D eigenvalue weighted by Gasteiger charge is 2.20. The molecule has 0 spiro atoms. The normalized spacial score (nSPS) is 14.2. The fourth-order valence-electron chi connectivity index (χ4n) is 4.64. The maximum atomic E-state index is 12.7. The first-order valence-corrected chi connectivity index (χ1v) is 11.8. The predicted molar refractivity (Wildman–Crippen MR) is 136 cm³/mol. The van der Waals surface area contributed by atoms with Gasteiger partial charge < -0.3 is 18.8 Å². The standard InChI is InChI=1S/C28H29N3O4/c1-33-23-8-6-20(7-9-23)21-16-22(18-29-17-21)25-19-31(11-10-30-12-14-35-15-13-30)26-5-3-4-24(27(25)26)28(32)34-2/h3-9,16-19H,10-15H2,1-2H3. The zero-order valence-corrected chi connectivity index (χ0v) is 20.1. The van der Waals surface area contributed by atoms with Crippen molar-refractivity contribution in [3.63, 3.8) is 0 Å². The van der Waals surface area contributed by atoms with Crippen LogP contribution in [0.5, 0.6) is 5.75 Å². The van der Waals surface area contributed by atoms with Gasteiger partial charge in [-0.15, -0.1) is 0 Å². The zero-order valence-electron chi connectivity index (χ0n) is 20.1. The number of rotatable bonds is 7. The Morgan fingerprint density at radius 3 is 2.49 bits per heavy atom. The average molecular weight is 472 g/mol. The lowest BCUT2D eigenvalue weighted by atomic mass is 9.99. The van der Waals surface area contributed by atoms with E-state index in [9.17, 15) is 4.79 Å². The number of methoxy groups -OCH3 is 2. The van der Waals surface area contributed by atoms with Gasteiger partial charge in [0.15, 0.2) is 0 Å². The number of esters is 1.